The molecule has 0 aromatic carbocycles. The van der Waals surface area contributed by atoms with Crippen molar-refractivity contribution in [2.45, 2.75) is 86.5 Å². The van der Waals surface area contributed by atoms with Crippen LogP contribution in [0.4, 0.5) is 0 Å². The summed E-state index contributed by atoms with van der Waals surface area (Å²) in [5.41, 5.74) is 1.46. The molecule has 6 atom stereocenters. The molecule has 1 aliphatic heterocycles. The van der Waals surface area contributed by atoms with E-state index < -0.39 is 35.6 Å². The number of aliphatic hydroxyl groups is 2. The molecule has 2 heterocycles. The lowest BCUT2D eigenvalue weighted by molar-refractivity contribution is -0.155. The zero-order chi connectivity index (χ0) is 26.5. The third kappa shape index (κ3) is 7.69. The minimum absolute atomic E-state index is 0.137. The van der Waals surface area contributed by atoms with Gasteiger partial charge in [-0.15, -0.1) is 11.3 Å². The first kappa shape index (κ1) is 29.1. The highest BCUT2D eigenvalue weighted by Crippen LogP contribution is 2.32. The predicted molar refractivity (Wildman–Crippen MR) is 141 cm³/mol. The number of cyclic esters (lactones) is 1. The molecule has 1 aliphatic rings. The van der Waals surface area contributed by atoms with Crippen LogP contribution in [0.5, 0.6) is 0 Å². The van der Waals surface area contributed by atoms with Crippen LogP contribution in [-0.4, -0.2) is 45.3 Å². The maximum Gasteiger partial charge on any atom is 0.309 e. The molecule has 0 radical (unpaired) electrons. The number of carbonyl (C=O) groups is 2. The van der Waals surface area contributed by atoms with E-state index in [-0.39, 0.29) is 24.0 Å². The summed E-state index contributed by atoms with van der Waals surface area (Å²) >= 11 is 1.55. The van der Waals surface area contributed by atoms with Gasteiger partial charge in [-0.2, -0.15) is 0 Å². The van der Waals surface area contributed by atoms with Crippen LogP contribution in [0.15, 0.2) is 34.8 Å². The Bertz CT molecular complexity index is 989. The number of ketones is 1. The number of allylic oxidation sites excluding steroid dienone is 3. The van der Waals surface area contributed by atoms with Gasteiger partial charge < -0.3 is 14.9 Å². The van der Waals surface area contributed by atoms with Gasteiger partial charge in [0.25, 0.3) is 0 Å². The van der Waals surface area contributed by atoms with Crippen molar-refractivity contribution in [3.63, 3.8) is 0 Å². The molecular formula is C28H41NO5S. The lowest BCUT2D eigenvalue weighted by Gasteiger charge is -2.34. The van der Waals surface area contributed by atoms with E-state index in [1.807, 2.05) is 58.2 Å². The van der Waals surface area contributed by atoms with Gasteiger partial charge in [-0.05, 0) is 44.8 Å². The Balaban J connectivity index is 2.45. The molecule has 0 amide bonds. The summed E-state index contributed by atoms with van der Waals surface area (Å²) in [7, 11) is 0. The van der Waals surface area contributed by atoms with Crippen molar-refractivity contribution in [1.29, 1.82) is 0 Å². The van der Waals surface area contributed by atoms with Crippen molar-refractivity contribution in [2.24, 2.45) is 23.2 Å². The Morgan fingerprint density at radius 2 is 1.86 bits per heavy atom. The van der Waals surface area contributed by atoms with E-state index in [9.17, 15) is 19.8 Å². The molecule has 194 valence electrons. The number of nitrogens with zero attached hydrogens (tertiary/aromatic N) is 1. The first-order valence-corrected chi connectivity index (χ1v) is 13.2. The average molecular weight is 504 g/mol. The molecule has 0 bridgehead atoms. The van der Waals surface area contributed by atoms with Gasteiger partial charge in [-0.1, -0.05) is 58.4 Å². The van der Waals surface area contributed by atoms with Gasteiger partial charge in [-0.3, -0.25) is 9.59 Å². The normalized spacial score (nSPS) is 31.7. The van der Waals surface area contributed by atoms with Crippen molar-refractivity contribution in [2.75, 3.05) is 0 Å². The second kappa shape index (κ2) is 12.2. The minimum atomic E-state index is -1.24. The summed E-state index contributed by atoms with van der Waals surface area (Å²) in [4.78, 5) is 30.6. The van der Waals surface area contributed by atoms with E-state index in [1.165, 1.54) is 0 Å². The number of esters is 1. The van der Waals surface area contributed by atoms with Crippen molar-refractivity contribution >= 4 is 29.2 Å². The first-order valence-electron chi connectivity index (χ1n) is 12.3. The standard InChI is InChI=1S/C28H41NO5S/c1-16-10-9-11-17(2)25(32)20(5)27(33)28(7,8)23(30)14-24(31)34-26(18(3)12-16)19(4)13-22-15-35-21(6)29-22/h9-10,12-13,15,17-18,20,23,25-26,30,32H,11,14H2,1-8H3/t17-,18-,20+,23-,25-,26-/m0/s1. The second-order valence-electron chi connectivity index (χ2n) is 10.6. The summed E-state index contributed by atoms with van der Waals surface area (Å²) in [6.07, 6.45) is 5.62. The number of hydrogen-bond acceptors (Lipinski definition) is 7. The summed E-state index contributed by atoms with van der Waals surface area (Å²) in [6, 6.07) is 0. The topological polar surface area (TPSA) is 96.7 Å². The molecule has 2 N–H and O–H groups in total. The quantitative estimate of drug-likeness (QED) is 0.533. The molecule has 0 saturated heterocycles. The van der Waals surface area contributed by atoms with Gasteiger partial charge in [0.15, 0.2) is 0 Å². The van der Waals surface area contributed by atoms with E-state index in [0.717, 1.165) is 21.8 Å². The number of Topliss-reactive ketones (excluding diaryl/α,β-unsaturated/α-hetero) is 1. The van der Waals surface area contributed by atoms with Crippen LogP contribution in [-0.2, 0) is 14.3 Å². The van der Waals surface area contributed by atoms with E-state index >= 15 is 0 Å². The fourth-order valence-corrected chi connectivity index (χ4v) is 5.11. The van der Waals surface area contributed by atoms with Crippen molar-refractivity contribution in [3.05, 3.63) is 45.5 Å². The molecule has 0 unspecified atom stereocenters. The first-order chi connectivity index (χ1) is 16.2. The number of rotatable bonds is 2. The Labute approximate surface area is 213 Å². The molecule has 2 rings (SSSR count). The van der Waals surface area contributed by atoms with Crippen LogP contribution >= 0.6 is 11.3 Å². The van der Waals surface area contributed by atoms with E-state index in [0.29, 0.717) is 6.42 Å². The molecular weight excluding hydrogens is 462 g/mol. The van der Waals surface area contributed by atoms with Gasteiger partial charge in [-0.25, -0.2) is 4.98 Å². The monoisotopic (exact) mass is 503 g/mol. The average Bonchev–Trinajstić information content (AvgIpc) is 3.19. The number of hydrogen-bond donors (Lipinski definition) is 2. The number of aryl methyl sites for hydroxylation is 1. The molecule has 7 heteroatoms. The summed E-state index contributed by atoms with van der Waals surface area (Å²) in [6.45, 7) is 14.6. The van der Waals surface area contributed by atoms with Gasteiger partial charge in [0.05, 0.1) is 34.7 Å². The van der Waals surface area contributed by atoms with Crippen molar-refractivity contribution in [1.82, 2.24) is 4.98 Å². The number of aromatic nitrogens is 1. The highest BCUT2D eigenvalue weighted by atomic mass is 32.1. The molecule has 0 aliphatic carbocycles. The number of thiazole rings is 1. The maximum atomic E-state index is 13.2. The van der Waals surface area contributed by atoms with Gasteiger partial charge >= 0.3 is 5.97 Å². The van der Waals surface area contributed by atoms with Crippen LogP contribution < -0.4 is 0 Å². The molecule has 6 nitrogen and oxygen atoms in total. The molecule has 1 aromatic rings. The SMILES string of the molecule is CC1=C[C@H](C)[C@@H](C(C)=Cc2csc(C)n2)OC(=O)C[C@H](O)C(C)(C)C(=O)[C@H](C)[C@@H](O)[C@@H](C)CC=C1. The Kier molecular flexibility index (Phi) is 10.2. The lowest BCUT2D eigenvalue weighted by Crippen LogP contribution is -2.45. The van der Waals surface area contributed by atoms with Crippen molar-refractivity contribution < 1.29 is 24.5 Å². The van der Waals surface area contributed by atoms with Gasteiger partial charge in [0.2, 0.25) is 0 Å². The number of ether oxygens (including phenoxy) is 1. The predicted octanol–water partition coefficient (Wildman–Crippen LogP) is 5.29. The van der Waals surface area contributed by atoms with Crippen LogP contribution in [0.1, 0.15) is 72.0 Å². The van der Waals surface area contributed by atoms with Crippen LogP contribution in [0, 0.1) is 30.1 Å². The lowest BCUT2D eigenvalue weighted by atomic mass is 9.73. The van der Waals surface area contributed by atoms with Crippen LogP contribution in [0.25, 0.3) is 6.08 Å². The van der Waals surface area contributed by atoms with Crippen molar-refractivity contribution in [3.8, 4) is 0 Å². The Morgan fingerprint density at radius 3 is 2.46 bits per heavy atom. The zero-order valence-corrected chi connectivity index (χ0v) is 23.1. The molecule has 35 heavy (non-hydrogen) atoms. The van der Waals surface area contributed by atoms with Gasteiger partial charge in [0.1, 0.15) is 11.9 Å². The second-order valence-corrected chi connectivity index (χ2v) is 11.6. The van der Waals surface area contributed by atoms with E-state index in [2.05, 4.69) is 11.1 Å². The van der Waals surface area contributed by atoms with Gasteiger partial charge in [0, 0.05) is 17.2 Å². The van der Waals surface area contributed by atoms with Crippen LogP contribution in [0.3, 0.4) is 0 Å². The Morgan fingerprint density at radius 1 is 1.20 bits per heavy atom. The van der Waals surface area contributed by atoms with E-state index in [4.69, 9.17) is 4.74 Å². The molecule has 1 aromatic heterocycles. The third-order valence-corrected chi connectivity index (χ3v) is 7.74. The molecule has 0 fully saturated rings. The smallest absolute Gasteiger partial charge is 0.309 e. The molecule has 0 spiro atoms. The summed E-state index contributed by atoms with van der Waals surface area (Å²) in [5.74, 6) is -1.80. The largest absolute Gasteiger partial charge is 0.457 e. The van der Waals surface area contributed by atoms with Crippen LogP contribution in [0.2, 0.25) is 0 Å². The number of aliphatic hydroxyl groups excluding tert-OH is 2. The zero-order valence-electron chi connectivity index (χ0n) is 22.2. The van der Waals surface area contributed by atoms with E-state index in [1.54, 1.807) is 32.1 Å². The number of carbonyl (C=O) groups excluding carboxylic acids is 2. The minimum Gasteiger partial charge on any atom is -0.457 e. The molecule has 0 saturated carbocycles. The Hall–Kier alpha value is -2.09. The highest BCUT2D eigenvalue weighted by molar-refractivity contribution is 7.09. The fourth-order valence-electron chi connectivity index (χ4n) is 4.54. The third-order valence-electron chi connectivity index (χ3n) is 6.95. The summed E-state index contributed by atoms with van der Waals surface area (Å²) in [5, 5.41) is 24.6. The highest BCUT2D eigenvalue weighted by Gasteiger charge is 2.42. The summed E-state index contributed by atoms with van der Waals surface area (Å²) < 4.78 is 5.90. The fraction of sp³-hybridized carbons (Fsp3) is 0.607. The maximum absolute atomic E-state index is 13.2.